The predicted molar refractivity (Wildman–Crippen MR) is 97.4 cm³/mol. The van der Waals surface area contributed by atoms with Crippen LogP contribution in [0.25, 0.3) is 0 Å². The van der Waals surface area contributed by atoms with E-state index in [9.17, 15) is 4.79 Å². The van der Waals surface area contributed by atoms with Crippen LogP contribution in [0, 0.1) is 5.92 Å². The van der Waals surface area contributed by atoms with Crippen LogP contribution in [0.2, 0.25) is 0 Å². The highest BCUT2D eigenvalue weighted by atomic mass is 79.9. The second-order valence-corrected chi connectivity index (χ2v) is 7.03. The standard InChI is InChI=1S/C17H30BrN3O2/c1-6-21(7-2)14(10-13(3)4)11-19-17(22)20(5)12-15-8-9-16(18)23-15/h8-9,13-14H,6-7,10-12H2,1-5H3,(H,19,22). The lowest BCUT2D eigenvalue weighted by Gasteiger charge is -2.31. The lowest BCUT2D eigenvalue weighted by atomic mass is 10.0. The van der Waals surface area contributed by atoms with E-state index < -0.39 is 0 Å². The summed E-state index contributed by atoms with van der Waals surface area (Å²) in [5.74, 6) is 1.37. The predicted octanol–water partition coefficient (Wildman–Crippen LogP) is 3.94. The van der Waals surface area contributed by atoms with Gasteiger partial charge < -0.3 is 14.6 Å². The number of furan rings is 1. The number of amides is 2. The Morgan fingerprint density at radius 3 is 2.43 bits per heavy atom. The van der Waals surface area contributed by atoms with E-state index in [1.165, 1.54) is 0 Å². The van der Waals surface area contributed by atoms with Gasteiger partial charge in [0.2, 0.25) is 0 Å². The van der Waals surface area contributed by atoms with Gasteiger partial charge in [0, 0.05) is 19.6 Å². The Bertz CT molecular complexity index is 472. The Hall–Kier alpha value is -1.01. The van der Waals surface area contributed by atoms with E-state index in [1.807, 2.05) is 12.1 Å². The molecule has 0 aliphatic heterocycles. The van der Waals surface area contributed by atoms with Gasteiger partial charge in [0.05, 0.1) is 6.54 Å². The summed E-state index contributed by atoms with van der Waals surface area (Å²) in [6.45, 7) is 11.9. The number of carbonyl (C=O) groups excluding carboxylic acids is 1. The molecule has 23 heavy (non-hydrogen) atoms. The van der Waals surface area contributed by atoms with E-state index in [4.69, 9.17) is 4.42 Å². The zero-order valence-electron chi connectivity index (χ0n) is 14.9. The maximum Gasteiger partial charge on any atom is 0.317 e. The van der Waals surface area contributed by atoms with Gasteiger partial charge in [-0.1, -0.05) is 27.7 Å². The first kappa shape index (κ1) is 20.0. The van der Waals surface area contributed by atoms with E-state index >= 15 is 0 Å². The number of nitrogens with one attached hydrogen (secondary N) is 1. The number of hydrogen-bond donors (Lipinski definition) is 1. The number of urea groups is 1. The first-order valence-electron chi connectivity index (χ1n) is 8.34. The second-order valence-electron chi connectivity index (χ2n) is 6.25. The molecule has 0 spiro atoms. The Kier molecular flexibility index (Phi) is 8.69. The summed E-state index contributed by atoms with van der Waals surface area (Å²) in [6, 6.07) is 4.00. The number of rotatable bonds is 9. The van der Waals surface area contributed by atoms with E-state index in [1.54, 1.807) is 11.9 Å². The summed E-state index contributed by atoms with van der Waals surface area (Å²) in [6.07, 6.45) is 1.08. The van der Waals surface area contributed by atoms with Crippen molar-refractivity contribution < 1.29 is 9.21 Å². The minimum atomic E-state index is -0.0709. The van der Waals surface area contributed by atoms with Crippen molar-refractivity contribution >= 4 is 22.0 Å². The van der Waals surface area contributed by atoms with Crippen molar-refractivity contribution in [3.8, 4) is 0 Å². The van der Waals surface area contributed by atoms with Crippen LogP contribution in [0.3, 0.4) is 0 Å². The lowest BCUT2D eigenvalue weighted by Crippen LogP contribution is -2.47. The number of likely N-dealkylation sites (N-methyl/N-ethyl adjacent to an activating group) is 1. The molecule has 0 aromatic carbocycles. The molecule has 0 aliphatic rings. The summed E-state index contributed by atoms with van der Waals surface area (Å²) in [5.41, 5.74) is 0. The van der Waals surface area contributed by atoms with Crippen molar-refractivity contribution in [3.63, 3.8) is 0 Å². The highest BCUT2D eigenvalue weighted by molar-refractivity contribution is 9.10. The van der Waals surface area contributed by atoms with Gasteiger partial charge in [-0.2, -0.15) is 0 Å². The zero-order chi connectivity index (χ0) is 17.4. The average molecular weight is 388 g/mol. The van der Waals surface area contributed by atoms with Gasteiger partial charge in [0.1, 0.15) is 5.76 Å². The molecule has 1 unspecified atom stereocenters. The van der Waals surface area contributed by atoms with E-state index in [0.29, 0.717) is 29.7 Å². The first-order valence-corrected chi connectivity index (χ1v) is 9.13. The van der Waals surface area contributed by atoms with Gasteiger partial charge in [-0.3, -0.25) is 4.90 Å². The highest BCUT2D eigenvalue weighted by Gasteiger charge is 2.19. The Morgan fingerprint density at radius 2 is 1.96 bits per heavy atom. The van der Waals surface area contributed by atoms with Gasteiger partial charge in [-0.05, 0) is 53.5 Å². The molecule has 1 rings (SSSR count). The molecule has 2 amide bonds. The summed E-state index contributed by atoms with van der Waals surface area (Å²) in [4.78, 5) is 16.3. The maximum absolute atomic E-state index is 12.3. The Balaban J connectivity index is 2.52. The molecule has 0 saturated heterocycles. The molecule has 0 radical (unpaired) electrons. The largest absolute Gasteiger partial charge is 0.452 e. The van der Waals surface area contributed by atoms with Crippen LogP contribution in [0.15, 0.2) is 21.2 Å². The number of nitrogens with zero attached hydrogens (tertiary/aromatic N) is 2. The lowest BCUT2D eigenvalue weighted by molar-refractivity contribution is 0.173. The van der Waals surface area contributed by atoms with Gasteiger partial charge in [-0.25, -0.2) is 4.79 Å². The van der Waals surface area contributed by atoms with E-state index in [0.717, 1.165) is 25.3 Å². The van der Waals surface area contributed by atoms with Crippen molar-refractivity contribution in [2.45, 2.75) is 46.7 Å². The van der Waals surface area contributed by atoms with E-state index in [2.05, 4.69) is 53.8 Å². The smallest absolute Gasteiger partial charge is 0.317 e. The van der Waals surface area contributed by atoms with Crippen LogP contribution in [0.5, 0.6) is 0 Å². The van der Waals surface area contributed by atoms with Crippen LogP contribution < -0.4 is 5.32 Å². The van der Waals surface area contributed by atoms with Crippen LogP contribution in [0.4, 0.5) is 4.79 Å². The quantitative estimate of drug-likeness (QED) is 0.697. The molecule has 5 nitrogen and oxygen atoms in total. The van der Waals surface area contributed by atoms with Gasteiger partial charge in [0.25, 0.3) is 0 Å². The minimum absolute atomic E-state index is 0.0709. The summed E-state index contributed by atoms with van der Waals surface area (Å²) >= 11 is 3.27. The molecule has 0 bridgehead atoms. The van der Waals surface area contributed by atoms with Gasteiger partial charge in [0.15, 0.2) is 4.67 Å². The SMILES string of the molecule is CCN(CC)C(CNC(=O)N(C)Cc1ccc(Br)o1)CC(C)C. The second kappa shape index (κ2) is 9.98. The third kappa shape index (κ3) is 6.96. The van der Waals surface area contributed by atoms with Crippen molar-refractivity contribution in [1.29, 1.82) is 0 Å². The van der Waals surface area contributed by atoms with Crippen LogP contribution in [-0.4, -0.2) is 48.6 Å². The fourth-order valence-corrected chi connectivity index (χ4v) is 3.07. The minimum Gasteiger partial charge on any atom is -0.452 e. The summed E-state index contributed by atoms with van der Waals surface area (Å²) in [7, 11) is 1.78. The molecule has 6 heteroatoms. The molecule has 1 aromatic heterocycles. The van der Waals surface area contributed by atoms with Crippen molar-refractivity contribution in [3.05, 3.63) is 22.6 Å². The molecule has 1 heterocycles. The molecule has 0 saturated carbocycles. The molecule has 0 fully saturated rings. The molecule has 0 aliphatic carbocycles. The molecule has 132 valence electrons. The molecular weight excluding hydrogens is 358 g/mol. The topological polar surface area (TPSA) is 48.7 Å². The third-order valence-electron chi connectivity index (χ3n) is 3.93. The maximum atomic E-state index is 12.3. The zero-order valence-corrected chi connectivity index (χ0v) is 16.5. The molecule has 1 atom stereocenters. The molecule has 1 aromatic rings. The van der Waals surface area contributed by atoms with Crippen LogP contribution >= 0.6 is 15.9 Å². The summed E-state index contributed by atoms with van der Waals surface area (Å²) < 4.78 is 6.12. The van der Waals surface area contributed by atoms with Gasteiger partial charge >= 0.3 is 6.03 Å². The molecular formula is C17H30BrN3O2. The first-order chi connectivity index (χ1) is 10.9. The Morgan fingerprint density at radius 1 is 1.30 bits per heavy atom. The molecule has 1 N–H and O–H groups in total. The fraction of sp³-hybridized carbons (Fsp3) is 0.706. The number of halogens is 1. The Labute approximate surface area is 148 Å². The van der Waals surface area contributed by atoms with Crippen molar-refractivity contribution in [2.24, 2.45) is 5.92 Å². The number of hydrogen-bond acceptors (Lipinski definition) is 3. The number of carbonyl (C=O) groups is 1. The van der Waals surface area contributed by atoms with E-state index in [-0.39, 0.29) is 6.03 Å². The third-order valence-corrected chi connectivity index (χ3v) is 4.36. The monoisotopic (exact) mass is 387 g/mol. The van der Waals surface area contributed by atoms with Crippen molar-refractivity contribution in [2.75, 3.05) is 26.7 Å². The van der Waals surface area contributed by atoms with Crippen LogP contribution in [0.1, 0.15) is 39.9 Å². The highest BCUT2D eigenvalue weighted by Crippen LogP contribution is 2.15. The normalized spacial score (nSPS) is 12.7. The van der Waals surface area contributed by atoms with Crippen molar-refractivity contribution in [1.82, 2.24) is 15.1 Å². The summed E-state index contributed by atoms with van der Waals surface area (Å²) in [5, 5.41) is 3.06. The van der Waals surface area contributed by atoms with Gasteiger partial charge in [-0.15, -0.1) is 0 Å². The average Bonchev–Trinajstić information content (AvgIpc) is 2.89. The van der Waals surface area contributed by atoms with Crippen LogP contribution in [-0.2, 0) is 6.54 Å². The fourth-order valence-electron chi connectivity index (χ4n) is 2.73.